The highest BCUT2D eigenvalue weighted by Gasteiger charge is 2.16. The Morgan fingerprint density at radius 3 is 2.59 bits per heavy atom. The Bertz CT molecular complexity index is 381. The van der Waals surface area contributed by atoms with E-state index >= 15 is 0 Å². The molecule has 0 bridgehead atoms. The summed E-state index contributed by atoms with van der Waals surface area (Å²) in [5.74, 6) is 0.0486. The van der Waals surface area contributed by atoms with E-state index in [1.165, 1.54) is 0 Å². The molecule has 17 heavy (non-hydrogen) atoms. The normalized spacial score (nSPS) is 14.1. The zero-order valence-corrected chi connectivity index (χ0v) is 12.0. The Morgan fingerprint density at radius 1 is 1.35 bits per heavy atom. The molecule has 1 aromatic carbocycles. The third-order valence-electron chi connectivity index (χ3n) is 2.69. The van der Waals surface area contributed by atoms with Crippen LogP contribution in [0.5, 0.6) is 0 Å². The van der Waals surface area contributed by atoms with Gasteiger partial charge in [0.25, 0.3) is 0 Å². The summed E-state index contributed by atoms with van der Waals surface area (Å²) in [5, 5.41) is 6.02. The molecule has 94 valence electrons. The van der Waals surface area contributed by atoms with Crippen molar-refractivity contribution in [1.82, 2.24) is 10.6 Å². The first-order valence-electron chi connectivity index (χ1n) is 5.75. The van der Waals surface area contributed by atoms with Crippen LogP contribution in [0.4, 0.5) is 0 Å². The van der Waals surface area contributed by atoms with Gasteiger partial charge >= 0.3 is 0 Å². The fourth-order valence-corrected chi connectivity index (χ4v) is 2.29. The summed E-state index contributed by atoms with van der Waals surface area (Å²) in [6.07, 6.45) is 0. The van der Waals surface area contributed by atoms with Gasteiger partial charge in [-0.3, -0.25) is 4.79 Å². The van der Waals surface area contributed by atoms with Crippen molar-refractivity contribution >= 4 is 21.8 Å². The van der Waals surface area contributed by atoms with Gasteiger partial charge in [0.15, 0.2) is 0 Å². The Balaban J connectivity index is 2.63. The number of amides is 1. The first kappa shape index (κ1) is 14.2. The van der Waals surface area contributed by atoms with Gasteiger partial charge in [0, 0.05) is 16.9 Å². The molecule has 1 unspecified atom stereocenters. The van der Waals surface area contributed by atoms with Crippen LogP contribution in [0.1, 0.15) is 25.5 Å². The second-order valence-corrected chi connectivity index (χ2v) is 5.06. The first-order chi connectivity index (χ1) is 8.06. The minimum absolute atomic E-state index is 0.0115. The number of hydrogen-bond donors (Lipinski definition) is 2. The molecule has 0 aromatic heterocycles. The molecule has 3 nitrogen and oxygen atoms in total. The van der Waals surface area contributed by atoms with E-state index in [0.29, 0.717) is 6.54 Å². The van der Waals surface area contributed by atoms with Gasteiger partial charge in [-0.1, -0.05) is 41.1 Å². The van der Waals surface area contributed by atoms with Crippen molar-refractivity contribution in [1.29, 1.82) is 0 Å². The lowest BCUT2D eigenvalue weighted by atomic mass is 10.1. The van der Waals surface area contributed by atoms with Gasteiger partial charge in [-0.2, -0.15) is 0 Å². The van der Waals surface area contributed by atoms with Crippen LogP contribution >= 0.6 is 15.9 Å². The van der Waals surface area contributed by atoms with Crippen LogP contribution < -0.4 is 10.6 Å². The molecule has 0 radical (unpaired) electrons. The first-order valence-corrected chi connectivity index (χ1v) is 6.55. The molecular formula is C13H19BrN2O. The van der Waals surface area contributed by atoms with Gasteiger partial charge in [-0.15, -0.1) is 0 Å². The summed E-state index contributed by atoms with van der Waals surface area (Å²) in [6.45, 7) is 4.59. The van der Waals surface area contributed by atoms with Gasteiger partial charge < -0.3 is 10.6 Å². The lowest BCUT2D eigenvalue weighted by molar-refractivity contribution is -0.125. The molecule has 0 saturated heterocycles. The van der Waals surface area contributed by atoms with E-state index in [4.69, 9.17) is 0 Å². The average Bonchev–Trinajstić information content (AvgIpc) is 2.29. The smallest absolute Gasteiger partial charge is 0.224 e. The maximum absolute atomic E-state index is 11.9. The van der Waals surface area contributed by atoms with Gasteiger partial charge in [-0.05, 0) is 25.6 Å². The monoisotopic (exact) mass is 298 g/mol. The van der Waals surface area contributed by atoms with Crippen molar-refractivity contribution in [3.8, 4) is 0 Å². The van der Waals surface area contributed by atoms with Crippen molar-refractivity contribution in [3.05, 3.63) is 34.3 Å². The zero-order valence-electron chi connectivity index (χ0n) is 10.5. The van der Waals surface area contributed by atoms with E-state index in [9.17, 15) is 4.79 Å². The Kier molecular flexibility index (Phi) is 5.65. The number of carbonyl (C=O) groups is 1. The maximum Gasteiger partial charge on any atom is 0.224 e. The average molecular weight is 299 g/mol. The highest BCUT2D eigenvalue weighted by molar-refractivity contribution is 9.10. The third-order valence-corrected chi connectivity index (χ3v) is 3.41. The molecule has 0 saturated carbocycles. The molecule has 0 aliphatic heterocycles. The van der Waals surface area contributed by atoms with Crippen LogP contribution in [-0.4, -0.2) is 19.5 Å². The molecule has 1 rings (SSSR count). The van der Waals surface area contributed by atoms with Crippen molar-refractivity contribution in [3.63, 3.8) is 0 Å². The number of nitrogens with one attached hydrogen (secondary N) is 2. The summed E-state index contributed by atoms with van der Waals surface area (Å²) in [4.78, 5) is 11.9. The minimum Gasteiger partial charge on any atom is -0.349 e. The molecule has 1 aromatic rings. The number of rotatable bonds is 5. The minimum atomic E-state index is -0.0232. The lowest BCUT2D eigenvalue weighted by Gasteiger charge is -2.18. The molecule has 0 heterocycles. The molecule has 0 aliphatic carbocycles. The summed E-state index contributed by atoms with van der Waals surface area (Å²) in [6, 6.07) is 7.94. The second-order valence-electron chi connectivity index (χ2n) is 4.21. The van der Waals surface area contributed by atoms with Crippen LogP contribution in [0.15, 0.2) is 28.7 Å². The van der Waals surface area contributed by atoms with E-state index in [0.717, 1.165) is 10.0 Å². The van der Waals surface area contributed by atoms with E-state index in [-0.39, 0.29) is 17.9 Å². The predicted molar refractivity (Wildman–Crippen MR) is 73.8 cm³/mol. The van der Waals surface area contributed by atoms with Gasteiger partial charge in [0.2, 0.25) is 5.91 Å². The summed E-state index contributed by atoms with van der Waals surface area (Å²) < 4.78 is 1.02. The van der Waals surface area contributed by atoms with Crippen molar-refractivity contribution in [2.45, 2.75) is 19.9 Å². The van der Waals surface area contributed by atoms with Crippen molar-refractivity contribution in [2.75, 3.05) is 13.6 Å². The summed E-state index contributed by atoms with van der Waals surface area (Å²) >= 11 is 3.49. The highest BCUT2D eigenvalue weighted by atomic mass is 79.9. The third kappa shape index (κ3) is 4.13. The molecule has 4 heteroatoms. The SMILES string of the molecule is CNCC(C)C(=O)N[C@H](C)c1ccccc1Br. The van der Waals surface area contributed by atoms with Crippen LogP contribution in [0.25, 0.3) is 0 Å². The van der Waals surface area contributed by atoms with Crippen LogP contribution in [0, 0.1) is 5.92 Å². The van der Waals surface area contributed by atoms with E-state index in [2.05, 4.69) is 26.6 Å². The highest BCUT2D eigenvalue weighted by Crippen LogP contribution is 2.22. The molecule has 0 spiro atoms. The molecule has 2 atom stereocenters. The second kappa shape index (κ2) is 6.77. The van der Waals surface area contributed by atoms with Gasteiger partial charge in [0.05, 0.1) is 6.04 Å². The predicted octanol–water partition coefficient (Wildman–Crippen LogP) is 2.48. The van der Waals surface area contributed by atoms with E-state index in [1.807, 2.05) is 45.2 Å². The largest absolute Gasteiger partial charge is 0.349 e. The standard InChI is InChI=1S/C13H19BrN2O/c1-9(8-15-3)13(17)16-10(2)11-6-4-5-7-12(11)14/h4-7,9-10,15H,8H2,1-3H3,(H,16,17)/t9?,10-/m1/s1. The fourth-order valence-electron chi connectivity index (χ4n) is 1.66. The Morgan fingerprint density at radius 2 is 2.00 bits per heavy atom. The van der Waals surface area contributed by atoms with Gasteiger partial charge in [0.1, 0.15) is 0 Å². The maximum atomic E-state index is 11.9. The summed E-state index contributed by atoms with van der Waals surface area (Å²) in [5.41, 5.74) is 1.09. The topological polar surface area (TPSA) is 41.1 Å². The van der Waals surface area contributed by atoms with Crippen LogP contribution in [-0.2, 0) is 4.79 Å². The Hall–Kier alpha value is -0.870. The van der Waals surface area contributed by atoms with E-state index in [1.54, 1.807) is 0 Å². The van der Waals surface area contributed by atoms with Crippen molar-refractivity contribution < 1.29 is 4.79 Å². The van der Waals surface area contributed by atoms with Crippen LogP contribution in [0.2, 0.25) is 0 Å². The number of halogens is 1. The number of hydrogen-bond acceptors (Lipinski definition) is 2. The molecule has 1 amide bonds. The molecular weight excluding hydrogens is 280 g/mol. The quantitative estimate of drug-likeness (QED) is 0.877. The number of carbonyl (C=O) groups excluding carboxylic acids is 1. The lowest BCUT2D eigenvalue weighted by Crippen LogP contribution is -2.35. The number of benzene rings is 1. The van der Waals surface area contributed by atoms with E-state index < -0.39 is 0 Å². The summed E-state index contributed by atoms with van der Waals surface area (Å²) in [7, 11) is 1.85. The van der Waals surface area contributed by atoms with Gasteiger partial charge in [-0.25, -0.2) is 0 Å². The Labute approximate surface area is 111 Å². The molecule has 0 aliphatic rings. The zero-order chi connectivity index (χ0) is 12.8. The molecule has 2 N–H and O–H groups in total. The molecule has 0 fully saturated rings. The fraction of sp³-hybridized carbons (Fsp3) is 0.462. The van der Waals surface area contributed by atoms with Crippen LogP contribution in [0.3, 0.4) is 0 Å². The van der Waals surface area contributed by atoms with Crippen molar-refractivity contribution in [2.24, 2.45) is 5.92 Å².